The zero-order valence-electron chi connectivity index (χ0n) is 22.0. The standard InChI is InChI=1S/C32H23BrFN3O4S/c33-21-11-9-20(10-12-21)19-28(36-29(38)26-7-3-4-8-27(26)34)30(39)35-22-13-15-23(16-14-22)42-18-17-37-31(40)24-5-1-2-6-25(24)32(37)41/h1-16,19H,17-18H2,(H,35,39)(H,36,38)/b28-19+. The quantitative estimate of drug-likeness (QED) is 0.125. The Morgan fingerprint density at radius 3 is 2.10 bits per heavy atom. The summed E-state index contributed by atoms with van der Waals surface area (Å²) < 4.78 is 15.1. The van der Waals surface area contributed by atoms with Gasteiger partial charge in [0.15, 0.2) is 0 Å². The predicted octanol–water partition coefficient (Wildman–Crippen LogP) is 6.39. The van der Waals surface area contributed by atoms with E-state index in [-0.39, 0.29) is 29.6 Å². The van der Waals surface area contributed by atoms with E-state index in [9.17, 15) is 23.6 Å². The first-order valence-electron chi connectivity index (χ1n) is 12.8. The molecule has 4 amide bonds. The monoisotopic (exact) mass is 643 g/mol. The molecule has 210 valence electrons. The van der Waals surface area contributed by atoms with E-state index in [1.807, 2.05) is 0 Å². The van der Waals surface area contributed by atoms with Crippen LogP contribution in [0.25, 0.3) is 6.08 Å². The van der Waals surface area contributed by atoms with Gasteiger partial charge in [-0.05, 0) is 72.3 Å². The molecule has 10 heteroatoms. The lowest BCUT2D eigenvalue weighted by Crippen LogP contribution is -2.31. The number of imide groups is 1. The third-order valence-electron chi connectivity index (χ3n) is 6.37. The van der Waals surface area contributed by atoms with E-state index in [2.05, 4.69) is 26.6 Å². The Bertz CT molecular complexity index is 1670. The van der Waals surface area contributed by atoms with E-state index in [4.69, 9.17) is 0 Å². The van der Waals surface area contributed by atoms with Crippen molar-refractivity contribution < 1.29 is 23.6 Å². The average molecular weight is 645 g/mol. The lowest BCUT2D eigenvalue weighted by Gasteiger charge is -2.14. The van der Waals surface area contributed by atoms with Crippen molar-refractivity contribution in [1.82, 2.24) is 10.2 Å². The molecule has 0 spiro atoms. The number of halogens is 2. The van der Waals surface area contributed by atoms with Gasteiger partial charge in [0.05, 0.1) is 16.7 Å². The second-order valence-corrected chi connectivity index (χ2v) is 11.3. The van der Waals surface area contributed by atoms with Gasteiger partial charge in [-0.1, -0.05) is 52.3 Å². The van der Waals surface area contributed by atoms with Crippen LogP contribution in [0.3, 0.4) is 0 Å². The van der Waals surface area contributed by atoms with E-state index in [0.717, 1.165) is 9.37 Å². The molecule has 4 aromatic rings. The minimum absolute atomic E-state index is 0.0648. The van der Waals surface area contributed by atoms with Crippen LogP contribution in [0.4, 0.5) is 10.1 Å². The number of fused-ring (bicyclic) bond motifs is 1. The Labute approximate surface area is 253 Å². The number of anilines is 1. The summed E-state index contributed by atoms with van der Waals surface area (Å²) in [5.74, 6) is -2.12. The van der Waals surface area contributed by atoms with Crippen molar-refractivity contribution in [3.8, 4) is 0 Å². The first-order chi connectivity index (χ1) is 20.3. The third kappa shape index (κ3) is 6.67. The summed E-state index contributed by atoms with van der Waals surface area (Å²) in [6.07, 6.45) is 1.50. The number of thioether (sulfide) groups is 1. The molecule has 0 saturated carbocycles. The Kier molecular flexibility index (Phi) is 8.94. The normalized spacial score (nSPS) is 12.7. The van der Waals surface area contributed by atoms with Crippen molar-refractivity contribution in [2.45, 2.75) is 4.90 Å². The number of rotatable bonds is 9. The Morgan fingerprint density at radius 2 is 1.45 bits per heavy atom. The van der Waals surface area contributed by atoms with Gasteiger partial charge in [0.25, 0.3) is 23.6 Å². The van der Waals surface area contributed by atoms with Gasteiger partial charge in [0.2, 0.25) is 0 Å². The van der Waals surface area contributed by atoms with Crippen molar-refractivity contribution in [1.29, 1.82) is 0 Å². The fourth-order valence-electron chi connectivity index (χ4n) is 4.25. The number of carbonyl (C=O) groups excluding carboxylic acids is 4. The number of hydrogen-bond acceptors (Lipinski definition) is 5. The lowest BCUT2D eigenvalue weighted by molar-refractivity contribution is -0.113. The topological polar surface area (TPSA) is 95.6 Å². The van der Waals surface area contributed by atoms with Gasteiger partial charge in [-0.2, -0.15) is 0 Å². The van der Waals surface area contributed by atoms with Gasteiger partial charge in [-0.25, -0.2) is 4.39 Å². The Hall–Kier alpha value is -4.54. The average Bonchev–Trinajstić information content (AvgIpc) is 3.24. The molecule has 2 N–H and O–H groups in total. The number of benzene rings is 4. The highest BCUT2D eigenvalue weighted by molar-refractivity contribution is 9.10. The molecule has 1 heterocycles. The summed E-state index contributed by atoms with van der Waals surface area (Å²) >= 11 is 4.84. The Balaban J connectivity index is 1.23. The van der Waals surface area contributed by atoms with Crippen molar-refractivity contribution in [2.24, 2.45) is 0 Å². The minimum Gasteiger partial charge on any atom is -0.321 e. The van der Waals surface area contributed by atoms with Crippen LogP contribution in [0.2, 0.25) is 0 Å². The van der Waals surface area contributed by atoms with Gasteiger partial charge in [-0.15, -0.1) is 11.8 Å². The second kappa shape index (κ2) is 13.0. The highest BCUT2D eigenvalue weighted by Crippen LogP contribution is 2.25. The molecule has 1 aliphatic rings. The number of nitrogens with one attached hydrogen (secondary N) is 2. The van der Waals surface area contributed by atoms with E-state index >= 15 is 0 Å². The molecule has 0 atom stereocenters. The summed E-state index contributed by atoms with van der Waals surface area (Å²) in [4.78, 5) is 53.2. The van der Waals surface area contributed by atoms with E-state index in [1.54, 1.807) is 72.8 Å². The molecule has 42 heavy (non-hydrogen) atoms. The maximum absolute atomic E-state index is 14.2. The van der Waals surface area contributed by atoms with E-state index in [0.29, 0.717) is 28.1 Å². The molecule has 5 rings (SSSR count). The third-order valence-corrected chi connectivity index (χ3v) is 7.89. The summed E-state index contributed by atoms with van der Waals surface area (Å²) in [7, 11) is 0. The first-order valence-corrected chi connectivity index (χ1v) is 14.6. The van der Waals surface area contributed by atoms with Crippen molar-refractivity contribution in [3.05, 3.63) is 135 Å². The molecule has 0 aromatic heterocycles. The van der Waals surface area contributed by atoms with Gasteiger partial charge >= 0.3 is 0 Å². The van der Waals surface area contributed by atoms with Gasteiger partial charge in [-0.3, -0.25) is 24.1 Å². The largest absolute Gasteiger partial charge is 0.321 e. The smallest absolute Gasteiger partial charge is 0.272 e. The number of hydrogen-bond donors (Lipinski definition) is 2. The number of nitrogens with zero attached hydrogens (tertiary/aromatic N) is 1. The van der Waals surface area contributed by atoms with Gasteiger partial charge < -0.3 is 10.6 Å². The summed E-state index contributed by atoms with van der Waals surface area (Å²) in [5, 5.41) is 5.29. The SMILES string of the molecule is O=C(Nc1ccc(SCCN2C(=O)c3ccccc3C2=O)cc1)/C(=C\c1ccc(Br)cc1)NC(=O)c1ccccc1F. The fourth-order valence-corrected chi connectivity index (χ4v) is 5.35. The summed E-state index contributed by atoms with van der Waals surface area (Å²) in [5.41, 5.74) is 1.73. The zero-order chi connectivity index (χ0) is 29.6. The molecule has 0 bridgehead atoms. The molecule has 7 nitrogen and oxygen atoms in total. The predicted molar refractivity (Wildman–Crippen MR) is 164 cm³/mol. The molecular formula is C32H23BrFN3O4S. The van der Waals surface area contributed by atoms with Crippen LogP contribution >= 0.6 is 27.7 Å². The molecule has 0 aliphatic carbocycles. The van der Waals surface area contributed by atoms with Crippen molar-refractivity contribution in [2.75, 3.05) is 17.6 Å². The summed E-state index contributed by atoms with van der Waals surface area (Å²) in [6, 6.07) is 26.4. The molecule has 0 unspecified atom stereocenters. The van der Waals surface area contributed by atoms with Crippen LogP contribution in [-0.4, -0.2) is 40.8 Å². The number of carbonyl (C=O) groups is 4. The maximum atomic E-state index is 14.2. The molecule has 4 aromatic carbocycles. The van der Waals surface area contributed by atoms with Crippen molar-refractivity contribution in [3.63, 3.8) is 0 Å². The zero-order valence-corrected chi connectivity index (χ0v) is 24.4. The first kappa shape index (κ1) is 29.0. The Morgan fingerprint density at radius 1 is 0.833 bits per heavy atom. The van der Waals surface area contributed by atoms with Crippen LogP contribution in [0.1, 0.15) is 36.6 Å². The highest BCUT2D eigenvalue weighted by atomic mass is 79.9. The fraction of sp³-hybridized carbons (Fsp3) is 0.0625. The molecular weight excluding hydrogens is 621 g/mol. The molecule has 0 fully saturated rings. The van der Waals surface area contributed by atoms with Gasteiger partial charge in [0.1, 0.15) is 11.5 Å². The van der Waals surface area contributed by atoms with E-state index in [1.165, 1.54) is 47.0 Å². The molecule has 1 aliphatic heterocycles. The highest BCUT2D eigenvalue weighted by Gasteiger charge is 2.34. The van der Waals surface area contributed by atoms with Crippen molar-refractivity contribution >= 4 is 63.1 Å². The van der Waals surface area contributed by atoms with Crippen LogP contribution in [0.15, 0.2) is 112 Å². The summed E-state index contributed by atoms with van der Waals surface area (Å²) in [6.45, 7) is 0.265. The van der Waals surface area contributed by atoms with Crippen LogP contribution in [-0.2, 0) is 4.79 Å². The minimum atomic E-state index is -0.753. The van der Waals surface area contributed by atoms with Gasteiger partial charge in [0, 0.05) is 27.4 Å². The maximum Gasteiger partial charge on any atom is 0.272 e. The molecule has 0 saturated heterocycles. The van der Waals surface area contributed by atoms with E-state index < -0.39 is 17.6 Å². The molecule has 0 radical (unpaired) electrons. The van der Waals surface area contributed by atoms with Crippen LogP contribution < -0.4 is 10.6 Å². The lowest BCUT2D eigenvalue weighted by atomic mass is 10.1. The number of amides is 4. The second-order valence-electron chi connectivity index (χ2n) is 9.18. The van der Waals surface area contributed by atoms with Crippen LogP contribution in [0, 0.1) is 5.82 Å². The van der Waals surface area contributed by atoms with Crippen LogP contribution in [0.5, 0.6) is 0 Å².